The van der Waals surface area contributed by atoms with Gasteiger partial charge < -0.3 is 15.4 Å². The molecule has 2 heterocycles. The summed E-state index contributed by atoms with van der Waals surface area (Å²) in [4.78, 5) is 33.9. The Bertz CT molecular complexity index is 1370. The molecule has 2 amide bonds. The molecule has 2 N–H and O–H groups in total. The number of hydrogen-bond donors (Lipinski definition) is 1. The Labute approximate surface area is 210 Å². The molecule has 1 aromatic heterocycles. The van der Waals surface area contributed by atoms with Crippen LogP contribution in [0.1, 0.15) is 26.5 Å². The van der Waals surface area contributed by atoms with Crippen molar-refractivity contribution in [3.05, 3.63) is 89.0 Å². The average molecular weight is 487 g/mol. The molecule has 186 valence electrons. The van der Waals surface area contributed by atoms with Gasteiger partial charge in [-0.25, -0.2) is 14.5 Å². The van der Waals surface area contributed by atoms with Crippen LogP contribution in [0.5, 0.6) is 5.75 Å². The quantitative estimate of drug-likeness (QED) is 0.533. The summed E-state index contributed by atoms with van der Waals surface area (Å²) < 4.78 is 7.20. The Morgan fingerprint density at radius 3 is 2.47 bits per heavy atom. The number of rotatable bonds is 6. The predicted molar refractivity (Wildman–Crippen MR) is 142 cm³/mol. The Hall–Kier alpha value is -4.40. The molecule has 0 spiro atoms. The molecule has 2 aromatic carbocycles. The van der Waals surface area contributed by atoms with Gasteiger partial charge in [-0.2, -0.15) is 5.10 Å². The smallest absolute Gasteiger partial charge is 0.325 e. The van der Waals surface area contributed by atoms with Gasteiger partial charge >= 0.3 is 6.03 Å². The normalized spacial score (nSPS) is 14.7. The number of amides is 2. The largest absolute Gasteiger partial charge is 0.494 e. The number of hydrogen-bond acceptors (Lipinski definition) is 6. The zero-order valence-corrected chi connectivity index (χ0v) is 20.9. The fraction of sp³-hybridized carbons (Fsp3) is 0.259. The first kappa shape index (κ1) is 24.7. The van der Waals surface area contributed by atoms with Gasteiger partial charge in [-0.15, -0.1) is 0 Å². The van der Waals surface area contributed by atoms with Crippen molar-refractivity contribution in [1.82, 2.24) is 14.7 Å². The summed E-state index contributed by atoms with van der Waals surface area (Å²) >= 11 is 0. The molecule has 4 rings (SSSR count). The molecular weight excluding hydrogens is 456 g/mol. The number of urea groups is 1. The van der Waals surface area contributed by atoms with Gasteiger partial charge in [0, 0.05) is 42.6 Å². The van der Waals surface area contributed by atoms with Crippen LogP contribution in [-0.2, 0) is 0 Å². The summed E-state index contributed by atoms with van der Waals surface area (Å²) in [5.41, 5.74) is 7.57. The topological polar surface area (TPSA) is 106 Å². The second kappa shape index (κ2) is 10.1. The molecule has 1 aliphatic heterocycles. The zero-order valence-electron chi connectivity index (χ0n) is 20.9. The SMILES string of the molecule is COc1cc(N2CCN(C(C)(C)C)C2=O)ccc1-n1ccc(=O)c(C(C=CN)=Nc2ccccc2)n1. The molecule has 9 heteroatoms. The molecule has 0 unspecified atom stereocenters. The van der Waals surface area contributed by atoms with Gasteiger partial charge in [-0.1, -0.05) is 18.2 Å². The Morgan fingerprint density at radius 2 is 1.83 bits per heavy atom. The van der Waals surface area contributed by atoms with E-state index >= 15 is 0 Å². The number of methoxy groups -OCH3 is 1. The van der Waals surface area contributed by atoms with Crippen molar-refractivity contribution in [2.75, 3.05) is 25.1 Å². The van der Waals surface area contributed by atoms with Crippen LogP contribution in [0.2, 0.25) is 0 Å². The lowest BCUT2D eigenvalue weighted by Gasteiger charge is -2.31. The second-order valence-corrected chi connectivity index (χ2v) is 9.28. The predicted octanol–water partition coefficient (Wildman–Crippen LogP) is 3.87. The summed E-state index contributed by atoms with van der Waals surface area (Å²) in [6, 6.07) is 16.1. The van der Waals surface area contributed by atoms with Crippen LogP contribution < -0.4 is 20.8 Å². The molecule has 1 fully saturated rings. The van der Waals surface area contributed by atoms with Crippen LogP contribution in [0.25, 0.3) is 5.69 Å². The monoisotopic (exact) mass is 486 g/mol. The minimum atomic E-state index is -0.292. The lowest BCUT2D eigenvalue weighted by molar-refractivity contribution is 0.173. The number of ether oxygens (including phenoxy) is 1. The first-order chi connectivity index (χ1) is 17.2. The van der Waals surface area contributed by atoms with Crippen molar-refractivity contribution in [2.24, 2.45) is 10.7 Å². The van der Waals surface area contributed by atoms with E-state index in [2.05, 4.69) is 10.1 Å². The minimum absolute atomic E-state index is 0.0450. The highest BCUT2D eigenvalue weighted by atomic mass is 16.5. The maximum absolute atomic E-state index is 13.0. The van der Waals surface area contributed by atoms with E-state index in [1.807, 2.05) is 68.1 Å². The molecule has 0 aliphatic carbocycles. The second-order valence-electron chi connectivity index (χ2n) is 9.28. The molecule has 36 heavy (non-hydrogen) atoms. The molecule has 0 saturated carbocycles. The molecule has 0 atom stereocenters. The number of benzene rings is 2. The van der Waals surface area contributed by atoms with Crippen LogP contribution in [0.15, 0.2) is 82.9 Å². The standard InChI is InChI=1S/C27H30N6O3/c1-27(2,3)32-17-16-31(26(32)35)20-10-11-22(24(18-20)36-4)33-15-13-23(34)25(30-33)21(12-14-28)29-19-8-6-5-7-9-19/h5-15,18H,16-17,28H2,1-4H3. The van der Waals surface area contributed by atoms with Gasteiger partial charge in [-0.05, 0) is 57.3 Å². The number of nitrogens with zero attached hydrogens (tertiary/aromatic N) is 5. The zero-order chi connectivity index (χ0) is 25.9. The molecular formula is C27H30N6O3. The Morgan fingerprint density at radius 1 is 1.08 bits per heavy atom. The highest BCUT2D eigenvalue weighted by Gasteiger charge is 2.36. The summed E-state index contributed by atoms with van der Waals surface area (Å²) in [7, 11) is 1.55. The van der Waals surface area contributed by atoms with Crippen LogP contribution in [0.3, 0.4) is 0 Å². The number of para-hydroxylation sites is 1. The number of carbonyl (C=O) groups is 1. The summed E-state index contributed by atoms with van der Waals surface area (Å²) in [5.74, 6) is 0.507. The van der Waals surface area contributed by atoms with Crippen molar-refractivity contribution in [1.29, 1.82) is 0 Å². The van der Waals surface area contributed by atoms with Gasteiger partial charge in [0.15, 0.2) is 5.69 Å². The molecule has 0 radical (unpaired) electrons. The third-order valence-corrected chi connectivity index (χ3v) is 5.85. The summed E-state index contributed by atoms with van der Waals surface area (Å²) in [6.07, 6.45) is 4.43. The van der Waals surface area contributed by atoms with E-state index in [0.29, 0.717) is 35.9 Å². The number of allylic oxidation sites excluding steroid dienone is 1. The maximum atomic E-state index is 13.0. The fourth-order valence-electron chi connectivity index (χ4n) is 4.04. The van der Waals surface area contributed by atoms with Crippen LogP contribution >= 0.6 is 0 Å². The average Bonchev–Trinajstić information content (AvgIpc) is 3.26. The first-order valence-corrected chi connectivity index (χ1v) is 11.6. The van der Waals surface area contributed by atoms with E-state index in [1.54, 1.807) is 35.0 Å². The highest BCUT2D eigenvalue weighted by Crippen LogP contribution is 2.31. The molecule has 0 bridgehead atoms. The summed E-state index contributed by atoms with van der Waals surface area (Å²) in [6.45, 7) is 7.30. The van der Waals surface area contributed by atoms with E-state index in [9.17, 15) is 9.59 Å². The number of nitrogens with two attached hydrogens (primary N) is 1. The van der Waals surface area contributed by atoms with Crippen molar-refractivity contribution < 1.29 is 9.53 Å². The molecule has 9 nitrogen and oxygen atoms in total. The maximum Gasteiger partial charge on any atom is 0.325 e. The van der Waals surface area contributed by atoms with Crippen molar-refractivity contribution in [3.8, 4) is 11.4 Å². The third kappa shape index (κ3) is 5.00. The van der Waals surface area contributed by atoms with E-state index < -0.39 is 0 Å². The third-order valence-electron chi connectivity index (χ3n) is 5.85. The van der Waals surface area contributed by atoms with Crippen molar-refractivity contribution >= 4 is 23.1 Å². The Balaban J connectivity index is 1.72. The van der Waals surface area contributed by atoms with Crippen LogP contribution in [-0.4, -0.2) is 52.2 Å². The number of aliphatic imine (C=N–C) groups is 1. The van der Waals surface area contributed by atoms with E-state index in [-0.39, 0.29) is 22.7 Å². The van der Waals surface area contributed by atoms with E-state index in [4.69, 9.17) is 10.5 Å². The number of anilines is 1. The number of carbonyl (C=O) groups excluding carboxylic acids is 1. The van der Waals surface area contributed by atoms with Gasteiger partial charge in [-0.3, -0.25) is 9.69 Å². The van der Waals surface area contributed by atoms with Gasteiger partial charge in [0.05, 0.1) is 18.5 Å². The molecule has 3 aromatic rings. The van der Waals surface area contributed by atoms with E-state index in [0.717, 1.165) is 5.69 Å². The van der Waals surface area contributed by atoms with Crippen LogP contribution in [0.4, 0.5) is 16.2 Å². The van der Waals surface area contributed by atoms with E-state index in [1.165, 1.54) is 12.3 Å². The minimum Gasteiger partial charge on any atom is -0.494 e. The van der Waals surface area contributed by atoms with Gasteiger partial charge in [0.25, 0.3) is 0 Å². The lowest BCUT2D eigenvalue weighted by atomic mass is 10.1. The van der Waals surface area contributed by atoms with Gasteiger partial charge in [0.1, 0.15) is 11.4 Å². The fourth-order valence-corrected chi connectivity index (χ4v) is 4.04. The van der Waals surface area contributed by atoms with Crippen LogP contribution in [0, 0.1) is 0 Å². The summed E-state index contributed by atoms with van der Waals surface area (Å²) in [5, 5.41) is 4.55. The number of aromatic nitrogens is 2. The molecule has 1 saturated heterocycles. The lowest BCUT2D eigenvalue weighted by Crippen LogP contribution is -2.44. The first-order valence-electron chi connectivity index (χ1n) is 11.6. The highest BCUT2D eigenvalue weighted by molar-refractivity contribution is 6.08. The van der Waals surface area contributed by atoms with Crippen molar-refractivity contribution in [2.45, 2.75) is 26.3 Å². The molecule has 1 aliphatic rings. The van der Waals surface area contributed by atoms with Crippen molar-refractivity contribution in [3.63, 3.8) is 0 Å². The van der Waals surface area contributed by atoms with Gasteiger partial charge in [0.2, 0.25) is 5.43 Å². The Kier molecular flexibility index (Phi) is 6.91.